The maximum absolute atomic E-state index is 13.1. The van der Waals surface area contributed by atoms with Crippen molar-refractivity contribution >= 4 is 23.6 Å². The molecule has 0 bridgehead atoms. The van der Waals surface area contributed by atoms with Gasteiger partial charge in [0.2, 0.25) is 5.91 Å². The van der Waals surface area contributed by atoms with Gasteiger partial charge in [0, 0.05) is 18.9 Å². The number of halogens is 3. The molecule has 3 amide bonds. The van der Waals surface area contributed by atoms with Crippen LogP contribution in [0.4, 0.5) is 29.6 Å². The van der Waals surface area contributed by atoms with E-state index in [-0.39, 0.29) is 30.4 Å². The molecule has 4 rings (SSSR count). The first-order valence-electron chi connectivity index (χ1n) is 10.5. The minimum absolute atomic E-state index is 0.0640. The van der Waals surface area contributed by atoms with Crippen molar-refractivity contribution < 1.29 is 22.8 Å². The number of hydrogen-bond acceptors (Lipinski definition) is 4. The number of carbonyl (C=O) groups excluding carboxylic acids is 2. The Hall–Kier alpha value is -3.17. The van der Waals surface area contributed by atoms with Crippen LogP contribution in [0, 0.1) is 5.92 Å². The van der Waals surface area contributed by atoms with Gasteiger partial charge in [0.05, 0.1) is 11.6 Å². The largest absolute Gasteiger partial charge is 0.416 e. The molecule has 170 valence electrons. The van der Waals surface area contributed by atoms with Crippen LogP contribution in [-0.2, 0) is 11.0 Å². The summed E-state index contributed by atoms with van der Waals surface area (Å²) in [4.78, 5) is 36.8. The Kier molecular flexibility index (Phi) is 5.79. The molecule has 2 aromatic rings. The molecule has 2 aromatic heterocycles. The molecule has 32 heavy (non-hydrogen) atoms. The summed E-state index contributed by atoms with van der Waals surface area (Å²) in [5.41, 5.74) is 0.248. The second kappa shape index (κ2) is 8.40. The van der Waals surface area contributed by atoms with Gasteiger partial charge in [-0.3, -0.25) is 9.69 Å². The van der Waals surface area contributed by atoms with Gasteiger partial charge in [-0.05, 0) is 48.4 Å². The van der Waals surface area contributed by atoms with Crippen molar-refractivity contribution in [2.45, 2.75) is 44.8 Å². The predicted octanol–water partition coefficient (Wildman–Crippen LogP) is 4.28. The molecule has 1 saturated carbocycles. The van der Waals surface area contributed by atoms with E-state index in [1.54, 1.807) is 6.20 Å². The number of nitrogens with one attached hydrogen (secondary N) is 1. The second-order valence-electron chi connectivity index (χ2n) is 8.53. The molecule has 2 aliphatic rings. The standard InChI is InChI=1S/C22H24F3N5O2/c1-13(2)17-11-30(19-6-5-15(10-27-19)14-3-4-14)21(32)29(17)12-20(31)28-18-9-16(7-8-26-18)22(23,24)25/h5-10,13-14,17H,3-4,11-12H2,1-2H3,(H,26,28,31)/t17-/m1/s1. The summed E-state index contributed by atoms with van der Waals surface area (Å²) in [5.74, 6) is 0.307. The van der Waals surface area contributed by atoms with Crippen molar-refractivity contribution in [3.05, 3.63) is 47.8 Å². The van der Waals surface area contributed by atoms with Gasteiger partial charge in [-0.1, -0.05) is 19.9 Å². The van der Waals surface area contributed by atoms with E-state index in [0.717, 1.165) is 36.7 Å². The highest BCUT2D eigenvalue weighted by Gasteiger charge is 2.41. The number of hydrogen-bond donors (Lipinski definition) is 1. The number of rotatable bonds is 6. The van der Waals surface area contributed by atoms with Gasteiger partial charge in [0.15, 0.2) is 0 Å². The molecular weight excluding hydrogens is 423 g/mol. The molecule has 2 fully saturated rings. The highest BCUT2D eigenvalue weighted by Crippen LogP contribution is 2.40. The van der Waals surface area contributed by atoms with Gasteiger partial charge >= 0.3 is 12.2 Å². The fourth-order valence-electron chi connectivity index (χ4n) is 3.84. The smallest absolute Gasteiger partial charge is 0.310 e. The number of alkyl halides is 3. The first kappa shape index (κ1) is 22.0. The zero-order valence-electron chi connectivity index (χ0n) is 17.8. The van der Waals surface area contributed by atoms with E-state index >= 15 is 0 Å². The second-order valence-corrected chi connectivity index (χ2v) is 8.53. The zero-order valence-corrected chi connectivity index (χ0v) is 17.8. The Morgan fingerprint density at radius 2 is 1.97 bits per heavy atom. The van der Waals surface area contributed by atoms with Crippen LogP contribution in [0.15, 0.2) is 36.7 Å². The van der Waals surface area contributed by atoms with Gasteiger partial charge in [-0.2, -0.15) is 13.2 Å². The van der Waals surface area contributed by atoms with E-state index in [0.29, 0.717) is 18.3 Å². The summed E-state index contributed by atoms with van der Waals surface area (Å²) in [6.45, 7) is 3.98. The highest BCUT2D eigenvalue weighted by atomic mass is 19.4. The van der Waals surface area contributed by atoms with Gasteiger partial charge < -0.3 is 10.2 Å². The van der Waals surface area contributed by atoms with Crippen molar-refractivity contribution in [2.24, 2.45) is 5.92 Å². The minimum Gasteiger partial charge on any atom is -0.310 e. The topological polar surface area (TPSA) is 78.4 Å². The summed E-state index contributed by atoms with van der Waals surface area (Å²) < 4.78 is 38.7. The molecular formula is C22H24F3N5O2. The molecule has 3 heterocycles. The molecule has 1 N–H and O–H groups in total. The average molecular weight is 447 g/mol. The fourth-order valence-corrected chi connectivity index (χ4v) is 3.84. The van der Waals surface area contributed by atoms with Crippen LogP contribution in [0.1, 0.15) is 43.7 Å². The molecule has 1 atom stereocenters. The lowest BCUT2D eigenvalue weighted by Crippen LogP contribution is -2.42. The zero-order chi connectivity index (χ0) is 23.0. The first-order valence-corrected chi connectivity index (χ1v) is 10.5. The summed E-state index contributed by atoms with van der Waals surface area (Å²) in [5, 5.41) is 2.36. The fraction of sp³-hybridized carbons (Fsp3) is 0.455. The van der Waals surface area contributed by atoms with Crippen LogP contribution in [-0.4, -0.2) is 45.9 Å². The van der Waals surface area contributed by atoms with Crippen LogP contribution in [0.3, 0.4) is 0 Å². The number of urea groups is 1. The van der Waals surface area contributed by atoms with Crippen molar-refractivity contribution in [1.82, 2.24) is 14.9 Å². The number of nitrogens with zero attached hydrogens (tertiary/aromatic N) is 4. The lowest BCUT2D eigenvalue weighted by molar-refractivity contribution is -0.137. The van der Waals surface area contributed by atoms with E-state index in [1.807, 2.05) is 26.0 Å². The third kappa shape index (κ3) is 4.68. The van der Waals surface area contributed by atoms with Crippen LogP contribution in [0.2, 0.25) is 0 Å². The third-order valence-electron chi connectivity index (χ3n) is 5.78. The molecule has 7 nitrogen and oxygen atoms in total. The highest BCUT2D eigenvalue weighted by molar-refractivity contribution is 5.99. The Labute approximate surface area is 183 Å². The molecule has 1 saturated heterocycles. The van der Waals surface area contributed by atoms with Crippen LogP contribution in [0.25, 0.3) is 0 Å². The molecule has 0 spiro atoms. The van der Waals surface area contributed by atoms with E-state index in [4.69, 9.17) is 0 Å². The normalized spacial score (nSPS) is 19.1. The SMILES string of the molecule is CC(C)[C@H]1CN(c2ccc(C3CC3)cn2)C(=O)N1CC(=O)Nc1cc(C(F)(F)F)ccn1. The number of amides is 3. The minimum atomic E-state index is -4.54. The number of aromatic nitrogens is 2. The summed E-state index contributed by atoms with van der Waals surface area (Å²) >= 11 is 0. The Morgan fingerprint density at radius 1 is 1.22 bits per heavy atom. The van der Waals surface area contributed by atoms with E-state index in [9.17, 15) is 22.8 Å². The molecule has 0 radical (unpaired) electrons. The van der Waals surface area contributed by atoms with Crippen LogP contribution < -0.4 is 10.2 Å². The van der Waals surface area contributed by atoms with E-state index in [1.165, 1.54) is 9.80 Å². The van der Waals surface area contributed by atoms with E-state index < -0.39 is 17.6 Å². The van der Waals surface area contributed by atoms with Crippen molar-refractivity contribution in [3.63, 3.8) is 0 Å². The van der Waals surface area contributed by atoms with Crippen molar-refractivity contribution in [1.29, 1.82) is 0 Å². The molecule has 1 aliphatic carbocycles. The van der Waals surface area contributed by atoms with E-state index in [2.05, 4.69) is 15.3 Å². The Bertz CT molecular complexity index is 1010. The molecule has 1 aliphatic heterocycles. The number of pyridine rings is 2. The molecule has 0 unspecified atom stereocenters. The quantitative estimate of drug-likeness (QED) is 0.717. The molecule has 10 heteroatoms. The lowest BCUT2D eigenvalue weighted by Gasteiger charge is -2.25. The average Bonchev–Trinajstić information content (AvgIpc) is 3.53. The van der Waals surface area contributed by atoms with Crippen LogP contribution in [0.5, 0.6) is 0 Å². The van der Waals surface area contributed by atoms with Crippen LogP contribution >= 0.6 is 0 Å². The molecule has 0 aromatic carbocycles. The van der Waals surface area contributed by atoms with Gasteiger partial charge in [0.1, 0.15) is 18.2 Å². The van der Waals surface area contributed by atoms with Crippen molar-refractivity contribution in [3.8, 4) is 0 Å². The first-order chi connectivity index (χ1) is 15.1. The third-order valence-corrected chi connectivity index (χ3v) is 5.78. The monoisotopic (exact) mass is 447 g/mol. The number of carbonyl (C=O) groups is 2. The maximum Gasteiger partial charge on any atom is 0.416 e. The Morgan fingerprint density at radius 3 is 2.56 bits per heavy atom. The summed E-state index contributed by atoms with van der Waals surface area (Å²) in [7, 11) is 0. The maximum atomic E-state index is 13.1. The van der Waals surface area contributed by atoms with Gasteiger partial charge in [0.25, 0.3) is 0 Å². The lowest BCUT2D eigenvalue weighted by atomic mass is 10.0. The predicted molar refractivity (Wildman–Crippen MR) is 112 cm³/mol. The van der Waals surface area contributed by atoms with Crippen molar-refractivity contribution in [2.75, 3.05) is 23.3 Å². The van der Waals surface area contributed by atoms with Gasteiger partial charge in [-0.15, -0.1) is 0 Å². The summed E-state index contributed by atoms with van der Waals surface area (Å²) in [6, 6.07) is 4.79. The summed E-state index contributed by atoms with van der Waals surface area (Å²) in [6.07, 6.45) is 0.540. The van der Waals surface area contributed by atoms with Gasteiger partial charge in [-0.25, -0.2) is 14.8 Å². The Balaban J connectivity index is 1.46. The number of anilines is 2.